The summed E-state index contributed by atoms with van der Waals surface area (Å²) in [4.78, 5) is 40.3. The number of aromatic carboxylic acids is 1. The van der Waals surface area contributed by atoms with Crippen molar-refractivity contribution in [3.05, 3.63) is 106 Å². The molecule has 2 heterocycles. The number of benzene rings is 2. The zero-order valence-electron chi connectivity index (χ0n) is 24.1. The summed E-state index contributed by atoms with van der Waals surface area (Å²) < 4.78 is 60.2. The Bertz CT molecular complexity index is 1780. The maximum absolute atomic E-state index is 13.9. The molecule has 0 spiro atoms. The summed E-state index contributed by atoms with van der Waals surface area (Å²) in [5.41, 5.74) is 7.84. The second kappa shape index (κ2) is 15.3. The molecule has 0 saturated heterocycles. The number of halogens is 5. The number of carboxylic acids is 1. The summed E-state index contributed by atoms with van der Waals surface area (Å²) in [6, 6.07) is 7.71. The Balaban J connectivity index is 0.000000347. The van der Waals surface area contributed by atoms with Crippen LogP contribution in [0.3, 0.4) is 0 Å². The molecule has 2 aromatic carbocycles. The number of aromatic nitrogens is 3. The van der Waals surface area contributed by atoms with Gasteiger partial charge in [-0.3, -0.25) is 4.79 Å². The highest BCUT2D eigenvalue weighted by atomic mass is 35.5. The smallest absolute Gasteiger partial charge is 0.387 e. The van der Waals surface area contributed by atoms with Gasteiger partial charge in [-0.1, -0.05) is 24.8 Å². The van der Waals surface area contributed by atoms with Crippen LogP contribution >= 0.6 is 12.4 Å². The minimum Gasteiger partial charge on any atom is -0.477 e. The van der Waals surface area contributed by atoms with Crippen LogP contribution in [0.2, 0.25) is 0 Å². The molecule has 1 aliphatic rings. The lowest BCUT2D eigenvalue weighted by atomic mass is 9.98. The minimum absolute atomic E-state index is 0. The van der Waals surface area contributed by atoms with Crippen molar-refractivity contribution in [1.82, 2.24) is 19.9 Å². The van der Waals surface area contributed by atoms with E-state index in [4.69, 9.17) is 10.5 Å². The molecule has 5 rings (SSSR count). The first kappa shape index (κ1) is 35.5. The topological polar surface area (TPSA) is 158 Å². The highest BCUT2D eigenvalue weighted by molar-refractivity contribution is 5.96. The largest absolute Gasteiger partial charge is 0.477 e. The van der Waals surface area contributed by atoms with Crippen LogP contribution in [0.15, 0.2) is 55.3 Å². The Morgan fingerprint density at radius 2 is 1.93 bits per heavy atom. The third kappa shape index (κ3) is 7.79. The van der Waals surface area contributed by atoms with Gasteiger partial charge in [-0.2, -0.15) is 13.9 Å². The molecule has 244 valence electrons. The van der Waals surface area contributed by atoms with Crippen molar-refractivity contribution in [2.24, 2.45) is 5.73 Å². The Kier molecular flexibility index (Phi) is 11.8. The quantitative estimate of drug-likeness (QED) is 0.128. The number of nitrogens with one attached hydrogen (secondary N) is 1. The van der Waals surface area contributed by atoms with E-state index in [0.29, 0.717) is 24.0 Å². The number of esters is 1. The Morgan fingerprint density at radius 1 is 1.20 bits per heavy atom. The summed E-state index contributed by atoms with van der Waals surface area (Å²) in [7, 11) is 0. The van der Waals surface area contributed by atoms with Crippen molar-refractivity contribution in [2.75, 3.05) is 6.61 Å². The second-order valence-electron chi connectivity index (χ2n) is 9.66. The van der Waals surface area contributed by atoms with Gasteiger partial charge >= 0.3 is 18.6 Å². The van der Waals surface area contributed by atoms with Crippen molar-refractivity contribution in [1.29, 1.82) is 0 Å². The van der Waals surface area contributed by atoms with E-state index in [1.165, 1.54) is 12.1 Å². The summed E-state index contributed by atoms with van der Waals surface area (Å²) in [6.45, 7) is 2.59. The average molecular weight is 666 g/mol. The van der Waals surface area contributed by atoms with Gasteiger partial charge in [0.2, 0.25) is 0 Å². The van der Waals surface area contributed by atoms with Crippen molar-refractivity contribution >= 4 is 35.9 Å². The van der Waals surface area contributed by atoms with Gasteiger partial charge in [-0.15, -0.1) is 12.4 Å². The molecule has 4 N–H and O–H groups in total. The lowest BCUT2D eigenvalue weighted by Gasteiger charge is -2.16. The first-order chi connectivity index (χ1) is 21.4. The molecule has 0 fully saturated rings. The standard InChI is InChI=1S/C22H19FN4O5.C8H8F3NO.ClH/c1-3-8-32-22(31)13-4-5-14-12(11(13)2)6-7-16(14)26-20(28)18-9-17(21(29)30)25-19-15(23)10-24-27(18)19;9-6-2-1-5(4-12)3-7(6)13-8(10)11;/h3-5,9-10,16H,1,6-8H2,2H3,(H,26,28)(H,29,30);1-3,8H,4,12H2;1H/t16-;;/m0../s1. The molecule has 1 atom stereocenters. The maximum Gasteiger partial charge on any atom is 0.387 e. The van der Waals surface area contributed by atoms with E-state index in [0.717, 1.165) is 45.6 Å². The third-order valence-corrected chi connectivity index (χ3v) is 6.88. The lowest BCUT2D eigenvalue weighted by Crippen LogP contribution is -2.29. The number of nitrogens with two attached hydrogens (primary N) is 1. The number of alkyl halides is 2. The predicted octanol–water partition coefficient (Wildman–Crippen LogP) is 4.94. The van der Waals surface area contributed by atoms with Gasteiger partial charge in [0, 0.05) is 12.6 Å². The molecular formula is C30H28ClF4N5O6. The minimum atomic E-state index is -3.03. The summed E-state index contributed by atoms with van der Waals surface area (Å²) in [5.74, 6) is -4.58. The number of amides is 1. The molecule has 0 radical (unpaired) electrons. The van der Waals surface area contributed by atoms with E-state index in [-0.39, 0.29) is 42.9 Å². The van der Waals surface area contributed by atoms with Gasteiger partial charge in [0.25, 0.3) is 5.91 Å². The van der Waals surface area contributed by atoms with E-state index in [2.05, 4.69) is 26.7 Å². The Labute approximate surface area is 265 Å². The lowest BCUT2D eigenvalue weighted by molar-refractivity contribution is -0.0522. The van der Waals surface area contributed by atoms with Crippen LogP contribution in [0, 0.1) is 18.6 Å². The van der Waals surface area contributed by atoms with E-state index >= 15 is 0 Å². The number of carbonyl (C=O) groups is 3. The second-order valence-corrected chi connectivity index (χ2v) is 9.66. The van der Waals surface area contributed by atoms with Crippen molar-refractivity contribution in [2.45, 2.75) is 39.0 Å². The molecule has 0 bridgehead atoms. The van der Waals surface area contributed by atoms with Crippen LogP contribution in [-0.2, 0) is 17.7 Å². The summed E-state index contributed by atoms with van der Waals surface area (Å²) in [6.07, 6.45) is 3.58. The van der Waals surface area contributed by atoms with E-state index < -0.39 is 47.5 Å². The number of carboxylic acid groups (broad SMARTS) is 1. The van der Waals surface area contributed by atoms with Crippen LogP contribution in [0.4, 0.5) is 17.6 Å². The Morgan fingerprint density at radius 3 is 2.59 bits per heavy atom. The van der Waals surface area contributed by atoms with Crippen LogP contribution in [-0.4, -0.2) is 50.8 Å². The zero-order valence-corrected chi connectivity index (χ0v) is 25.0. The maximum atomic E-state index is 13.9. The van der Waals surface area contributed by atoms with Gasteiger partial charge in [-0.05, 0) is 60.2 Å². The molecular weight excluding hydrogens is 638 g/mol. The molecule has 4 aromatic rings. The molecule has 1 aliphatic carbocycles. The molecule has 0 saturated carbocycles. The summed E-state index contributed by atoms with van der Waals surface area (Å²) >= 11 is 0. The fourth-order valence-electron chi connectivity index (χ4n) is 4.76. The van der Waals surface area contributed by atoms with E-state index in [1.54, 1.807) is 12.1 Å². The molecule has 46 heavy (non-hydrogen) atoms. The molecule has 1 amide bonds. The molecule has 0 unspecified atom stereocenters. The molecule has 2 aromatic heterocycles. The molecule has 11 nitrogen and oxygen atoms in total. The number of fused-ring (bicyclic) bond motifs is 2. The van der Waals surface area contributed by atoms with E-state index in [9.17, 15) is 37.1 Å². The normalized spacial score (nSPS) is 13.2. The van der Waals surface area contributed by atoms with Crippen LogP contribution in [0.25, 0.3) is 5.65 Å². The van der Waals surface area contributed by atoms with Gasteiger partial charge in [-0.25, -0.2) is 27.9 Å². The van der Waals surface area contributed by atoms with Crippen molar-refractivity contribution in [3.8, 4) is 5.75 Å². The third-order valence-electron chi connectivity index (χ3n) is 6.88. The Hall–Kier alpha value is -5.02. The van der Waals surface area contributed by atoms with Crippen LogP contribution < -0.4 is 15.8 Å². The fraction of sp³-hybridized carbons (Fsp3) is 0.233. The number of ether oxygens (including phenoxy) is 2. The average Bonchev–Trinajstić information content (AvgIpc) is 3.60. The number of rotatable bonds is 9. The van der Waals surface area contributed by atoms with Crippen LogP contribution in [0.5, 0.6) is 5.75 Å². The first-order valence-corrected chi connectivity index (χ1v) is 13.4. The van der Waals surface area contributed by atoms with Crippen LogP contribution in [0.1, 0.15) is 66.1 Å². The monoisotopic (exact) mass is 665 g/mol. The van der Waals surface area contributed by atoms with Gasteiger partial charge < -0.3 is 25.6 Å². The van der Waals surface area contributed by atoms with E-state index in [1.807, 2.05) is 6.92 Å². The van der Waals surface area contributed by atoms with Crippen molar-refractivity contribution in [3.63, 3.8) is 0 Å². The molecule has 0 aliphatic heterocycles. The van der Waals surface area contributed by atoms with Gasteiger partial charge in [0.15, 0.2) is 28.7 Å². The summed E-state index contributed by atoms with van der Waals surface area (Å²) in [5, 5.41) is 15.9. The SMILES string of the molecule is C=CCOC(=O)c1ccc2c(c1C)CC[C@@H]2NC(=O)c1cc(C(=O)O)nc2c(F)cnn12.Cl.NCc1ccc(F)c(OC(F)F)c1. The highest BCUT2D eigenvalue weighted by Gasteiger charge is 2.29. The van der Waals surface area contributed by atoms with Gasteiger partial charge in [0.1, 0.15) is 12.3 Å². The molecule has 16 heteroatoms. The van der Waals surface area contributed by atoms with Gasteiger partial charge in [0.05, 0.1) is 17.8 Å². The highest BCUT2D eigenvalue weighted by Crippen LogP contribution is 2.35. The fourth-order valence-corrected chi connectivity index (χ4v) is 4.76. The number of hydrogen-bond donors (Lipinski definition) is 3. The predicted molar refractivity (Wildman–Crippen MR) is 158 cm³/mol. The van der Waals surface area contributed by atoms with Crippen molar-refractivity contribution < 1.29 is 46.5 Å². The zero-order chi connectivity index (χ0) is 32.8. The number of nitrogens with zero attached hydrogens (tertiary/aromatic N) is 3. The number of hydrogen-bond acceptors (Lipinski definition) is 8. The number of carbonyl (C=O) groups excluding carboxylic acids is 2. The first-order valence-electron chi connectivity index (χ1n) is 13.4.